The largest absolute Gasteiger partial charge is 0.380 e. The molecule has 2 heteroatoms. The van der Waals surface area contributed by atoms with Crippen LogP contribution in [0.5, 0.6) is 0 Å². The molecular formula is C13H25NO. The van der Waals surface area contributed by atoms with Gasteiger partial charge in [-0.25, -0.2) is 0 Å². The lowest BCUT2D eigenvalue weighted by Crippen LogP contribution is -2.44. The second-order valence-electron chi connectivity index (χ2n) is 5.64. The van der Waals surface area contributed by atoms with Crippen molar-refractivity contribution in [2.75, 3.05) is 19.8 Å². The molecule has 0 aromatic heterocycles. The fraction of sp³-hybridized carbons (Fsp3) is 1.00. The third-order valence-corrected chi connectivity index (χ3v) is 3.85. The zero-order valence-electron chi connectivity index (χ0n) is 10.2. The standard InChI is InChI=1S/C13H25NO/c1-10(2)12-7-13(8-12)14-5-6-15-9-11-3-4-11/h10-14H,3-9H2,1-2H3. The molecule has 0 aromatic carbocycles. The molecule has 2 saturated carbocycles. The van der Waals surface area contributed by atoms with Gasteiger partial charge in [-0.15, -0.1) is 0 Å². The summed E-state index contributed by atoms with van der Waals surface area (Å²) in [5.41, 5.74) is 0. The molecule has 0 unspecified atom stereocenters. The van der Waals surface area contributed by atoms with E-state index in [0.29, 0.717) is 0 Å². The molecule has 0 aliphatic heterocycles. The molecule has 0 radical (unpaired) electrons. The van der Waals surface area contributed by atoms with Gasteiger partial charge in [0.05, 0.1) is 6.61 Å². The number of hydrogen-bond acceptors (Lipinski definition) is 2. The highest BCUT2D eigenvalue weighted by atomic mass is 16.5. The fourth-order valence-electron chi connectivity index (χ4n) is 2.24. The number of ether oxygens (including phenoxy) is 1. The van der Waals surface area contributed by atoms with Gasteiger partial charge in [0.15, 0.2) is 0 Å². The summed E-state index contributed by atoms with van der Waals surface area (Å²) in [6.45, 7) is 7.61. The van der Waals surface area contributed by atoms with Gasteiger partial charge in [0.25, 0.3) is 0 Å². The Balaban J connectivity index is 1.39. The van der Waals surface area contributed by atoms with Gasteiger partial charge in [0.1, 0.15) is 0 Å². The Hall–Kier alpha value is -0.0800. The van der Waals surface area contributed by atoms with Crippen LogP contribution in [0, 0.1) is 17.8 Å². The average Bonchev–Trinajstić information content (AvgIpc) is 2.90. The summed E-state index contributed by atoms with van der Waals surface area (Å²) in [4.78, 5) is 0. The van der Waals surface area contributed by atoms with Crippen LogP contribution in [0.4, 0.5) is 0 Å². The maximum absolute atomic E-state index is 5.59. The van der Waals surface area contributed by atoms with Crippen LogP contribution in [0.1, 0.15) is 39.5 Å². The minimum atomic E-state index is 0.780. The highest BCUT2D eigenvalue weighted by Crippen LogP contribution is 2.33. The summed E-state index contributed by atoms with van der Waals surface area (Å²) in [6, 6.07) is 0.780. The van der Waals surface area contributed by atoms with Crippen LogP contribution < -0.4 is 5.32 Å². The molecule has 0 amide bonds. The fourth-order valence-corrected chi connectivity index (χ4v) is 2.24. The SMILES string of the molecule is CC(C)C1CC(NCCOCC2CC2)C1. The number of nitrogens with one attached hydrogen (secondary N) is 1. The molecule has 0 atom stereocenters. The maximum atomic E-state index is 5.59. The second-order valence-corrected chi connectivity index (χ2v) is 5.64. The van der Waals surface area contributed by atoms with E-state index in [9.17, 15) is 0 Å². The molecule has 0 bridgehead atoms. The van der Waals surface area contributed by atoms with E-state index in [1.165, 1.54) is 25.7 Å². The Morgan fingerprint density at radius 3 is 2.60 bits per heavy atom. The van der Waals surface area contributed by atoms with Crippen molar-refractivity contribution in [3.63, 3.8) is 0 Å². The molecule has 2 rings (SSSR count). The van der Waals surface area contributed by atoms with Gasteiger partial charge in [0, 0.05) is 19.2 Å². The van der Waals surface area contributed by atoms with Gasteiger partial charge < -0.3 is 10.1 Å². The molecule has 2 fully saturated rings. The van der Waals surface area contributed by atoms with E-state index in [-0.39, 0.29) is 0 Å². The summed E-state index contributed by atoms with van der Waals surface area (Å²) in [5, 5.41) is 3.57. The normalized spacial score (nSPS) is 30.6. The highest BCUT2D eigenvalue weighted by Gasteiger charge is 2.30. The molecule has 0 heterocycles. The molecule has 2 aliphatic rings. The van der Waals surface area contributed by atoms with E-state index < -0.39 is 0 Å². The smallest absolute Gasteiger partial charge is 0.0591 e. The van der Waals surface area contributed by atoms with E-state index in [2.05, 4.69) is 19.2 Å². The predicted molar refractivity (Wildman–Crippen MR) is 62.9 cm³/mol. The first-order chi connectivity index (χ1) is 7.25. The molecular weight excluding hydrogens is 186 g/mol. The summed E-state index contributed by atoms with van der Waals surface area (Å²) in [5.74, 6) is 2.74. The first kappa shape index (κ1) is 11.4. The van der Waals surface area contributed by atoms with E-state index in [1.807, 2.05) is 0 Å². The molecule has 2 aliphatic carbocycles. The lowest BCUT2D eigenvalue weighted by molar-refractivity contribution is 0.110. The van der Waals surface area contributed by atoms with Crippen LogP contribution in [0.15, 0.2) is 0 Å². The summed E-state index contributed by atoms with van der Waals surface area (Å²) in [6.07, 6.45) is 5.54. The van der Waals surface area contributed by atoms with Gasteiger partial charge in [-0.3, -0.25) is 0 Å². The Labute approximate surface area is 93.8 Å². The number of rotatable bonds is 7. The molecule has 2 nitrogen and oxygen atoms in total. The van der Waals surface area contributed by atoms with Crippen LogP contribution >= 0.6 is 0 Å². The molecule has 15 heavy (non-hydrogen) atoms. The Bertz CT molecular complexity index is 183. The topological polar surface area (TPSA) is 21.3 Å². The minimum absolute atomic E-state index is 0.780. The van der Waals surface area contributed by atoms with E-state index >= 15 is 0 Å². The van der Waals surface area contributed by atoms with Crippen molar-refractivity contribution in [1.82, 2.24) is 5.32 Å². The van der Waals surface area contributed by atoms with Crippen molar-refractivity contribution >= 4 is 0 Å². The summed E-state index contributed by atoms with van der Waals surface area (Å²) in [7, 11) is 0. The summed E-state index contributed by atoms with van der Waals surface area (Å²) >= 11 is 0. The van der Waals surface area contributed by atoms with E-state index in [4.69, 9.17) is 4.74 Å². The van der Waals surface area contributed by atoms with Gasteiger partial charge >= 0.3 is 0 Å². The van der Waals surface area contributed by atoms with Crippen LogP contribution in [0.3, 0.4) is 0 Å². The van der Waals surface area contributed by atoms with Gasteiger partial charge in [-0.1, -0.05) is 13.8 Å². The zero-order valence-corrected chi connectivity index (χ0v) is 10.2. The van der Waals surface area contributed by atoms with Crippen LogP contribution in [-0.4, -0.2) is 25.8 Å². The monoisotopic (exact) mass is 211 g/mol. The van der Waals surface area contributed by atoms with Crippen molar-refractivity contribution in [2.45, 2.75) is 45.6 Å². The van der Waals surface area contributed by atoms with Crippen molar-refractivity contribution in [3.05, 3.63) is 0 Å². The number of hydrogen-bond donors (Lipinski definition) is 1. The Morgan fingerprint density at radius 2 is 2.00 bits per heavy atom. The quantitative estimate of drug-likeness (QED) is 0.653. The second kappa shape index (κ2) is 5.31. The zero-order chi connectivity index (χ0) is 10.7. The predicted octanol–water partition coefficient (Wildman–Crippen LogP) is 2.44. The van der Waals surface area contributed by atoms with Crippen LogP contribution in [0.2, 0.25) is 0 Å². The van der Waals surface area contributed by atoms with Gasteiger partial charge in [0.2, 0.25) is 0 Å². The third-order valence-electron chi connectivity index (χ3n) is 3.85. The molecule has 0 spiro atoms. The minimum Gasteiger partial charge on any atom is -0.380 e. The van der Waals surface area contributed by atoms with E-state index in [0.717, 1.165) is 43.6 Å². The first-order valence-electron chi connectivity index (χ1n) is 6.57. The lowest BCUT2D eigenvalue weighted by Gasteiger charge is -2.38. The van der Waals surface area contributed by atoms with Crippen LogP contribution in [0.25, 0.3) is 0 Å². The van der Waals surface area contributed by atoms with Crippen LogP contribution in [-0.2, 0) is 4.74 Å². The molecule has 88 valence electrons. The Kier molecular flexibility index (Phi) is 4.04. The maximum Gasteiger partial charge on any atom is 0.0591 e. The highest BCUT2D eigenvalue weighted by molar-refractivity contribution is 4.86. The Morgan fingerprint density at radius 1 is 1.27 bits per heavy atom. The lowest BCUT2D eigenvalue weighted by atomic mass is 9.74. The van der Waals surface area contributed by atoms with Crippen molar-refractivity contribution in [2.24, 2.45) is 17.8 Å². The van der Waals surface area contributed by atoms with Gasteiger partial charge in [-0.05, 0) is 43.4 Å². The molecule has 1 N–H and O–H groups in total. The van der Waals surface area contributed by atoms with Crippen molar-refractivity contribution in [3.8, 4) is 0 Å². The molecule has 0 saturated heterocycles. The third kappa shape index (κ3) is 3.76. The molecule has 0 aromatic rings. The summed E-state index contributed by atoms with van der Waals surface area (Å²) < 4.78 is 5.59. The van der Waals surface area contributed by atoms with Crippen molar-refractivity contribution in [1.29, 1.82) is 0 Å². The van der Waals surface area contributed by atoms with Crippen molar-refractivity contribution < 1.29 is 4.74 Å². The van der Waals surface area contributed by atoms with E-state index in [1.54, 1.807) is 0 Å². The average molecular weight is 211 g/mol. The van der Waals surface area contributed by atoms with Gasteiger partial charge in [-0.2, -0.15) is 0 Å². The first-order valence-corrected chi connectivity index (χ1v) is 6.57.